The predicted octanol–water partition coefficient (Wildman–Crippen LogP) is 4.33. The maximum Gasteiger partial charge on any atom is 0.293 e. The van der Waals surface area contributed by atoms with Crippen molar-refractivity contribution in [3.05, 3.63) is 78.7 Å². The van der Waals surface area contributed by atoms with Crippen molar-refractivity contribution in [3.8, 4) is 0 Å². The van der Waals surface area contributed by atoms with Crippen LogP contribution in [-0.2, 0) is 4.79 Å². The second-order valence-corrected chi connectivity index (χ2v) is 8.33. The molecule has 3 amide bonds. The van der Waals surface area contributed by atoms with Gasteiger partial charge in [-0.05, 0) is 55.4 Å². The Bertz CT molecular complexity index is 1110. The van der Waals surface area contributed by atoms with Gasteiger partial charge in [-0.3, -0.25) is 29.4 Å². The van der Waals surface area contributed by atoms with Crippen LogP contribution in [0.4, 0.5) is 10.5 Å². The number of nitrogens with one attached hydrogen (secondary N) is 1. The number of thioether (sulfide) groups is 1. The Balaban J connectivity index is 1.65. The molecular weight excluding hydrogens is 442 g/mol. The van der Waals surface area contributed by atoms with Gasteiger partial charge in [0.1, 0.15) is 5.02 Å². The van der Waals surface area contributed by atoms with Crippen LogP contribution in [0.5, 0.6) is 0 Å². The lowest BCUT2D eigenvalue weighted by Gasteiger charge is -2.13. The van der Waals surface area contributed by atoms with Crippen molar-refractivity contribution in [1.82, 2.24) is 10.2 Å². The zero-order valence-electron chi connectivity index (χ0n) is 16.7. The number of imide groups is 1. The number of aryl methyl sites for hydroxylation is 2. The van der Waals surface area contributed by atoms with Gasteiger partial charge in [0, 0.05) is 24.7 Å². The van der Waals surface area contributed by atoms with E-state index in [0.717, 1.165) is 27.8 Å². The lowest BCUT2D eigenvalue weighted by Crippen LogP contribution is -2.37. The summed E-state index contributed by atoms with van der Waals surface area (Å²) >= 11 is 6.53. The summed E-state index contributed by atoms with van der Waals surface area (Å²) in [6, 6.07) is 9.60. The molecule has 0 radical (unpaired) electrons. The lowest BCUT2D eigenvalue weighted by atomic mass is 10.1. The van der Waals surface area contributed by atoms with Crippen LogP contribution >= 0.6 is 23.4 Å². The third kappa shape index (κ3) is 5.31. The summed E-state index contributed by atoms with van der Waals surface area (Å²) in [4.78, 5) is 48.7. The molecule has 0 aromatic heterocycles. The molecule has 3 rings (SSSR count). The lowest BCUT2D eigenvalue weighted by molar-refractivity contribution is -0.384. The van der Waals surface area contributed by atoms with Gasteiger partial charge in [0.05, 0.1) is 9.83 Å². The van der Waals surface area contributed by atoms with Crippen molar-refractivity contribution < 1.29 is 19.3 Å². The van der Waals surface area contributed by atoms with Gasteiger partial charge >= 0.3 is 0 Å². The highest BCUT2D eigenvalue weighted by atomic mass is 35.5. The van der Waals surface area contributed by atoms with Gasteiger partial charge in [0.25, 0.3) is 22.7 Å². The van der Waals surface area contributed by atoms with Crippen LogP contribution in [0.1, 0.15) is 27.0 Å². The van der Waals surface area contributed by atoms with Crippen LogP contribution < -0.4 is 5.32 Å². The van der Waals surface area contributed by atoms with Crippen LogP contribution in [0.25, 0.3) is 6.08 Å². The maximum atomic E-state index is 12.6. The minimum Gasteiger partial charge on any atom is -0.350 e. The quantitative estimate of drug-likeness (QED) is 0.391. The molecule has 0 unspecified atom stereocenters. The van der Waals surface area contributed by atoms with E-state index in [4.69, 9.17) is 11.6 Å². The number of nitrogens with zero attached hydrogens (tertiary/aromatic N) is 2. The molecule has 1 aliphatic rings. The van der Waals surface area contributed by atoms with Crippen molar-refractivity contribution in [3.63, 3.8) is 0 Å². The van der Waals surface area contributed by atoms with Crippen molar-refractivity contribution in [2.75, 3.05) is 13.1 Å². The number of nitro benzene ring substituents is 1. The number of hydrogen-bond donors (Lipinski definition) is 1. The van der Waals surface area contributed by atoms with E-state index in [9.17, 15) is 24.5 Å². The van der Waals surface area contributed by atoms with E-state index in [1.165, 1.54) is 24.3 Å². The topological polar surface area (TPSA) is 110 Å². The van der Waals surface area contributed by atoms with Gasteiger partial charge < -0.3 is 5.32 Å². The van der Waals surface area contributed by atoms with Crippen molar-refractivity contribution in [1.29, 1.82) is 0 Å². The molecule has 31 heavy (non-hydrogen) atoms. The van der Waals surface area contributed by atoms with Gasteiger partial charge in [-0.25, -0.2) is 0 Å². The first kappa shape index (κ1) is 22.5. The average molecular weight is 460 g/mol. The minimum atomic E-state index is -0.621. The van der Waals surface area contributed by atoms with Crippen LogP contribution in [0.2, 0.25) is 5.02 Å². The van der Waals surface area contributed by atoms with Gasteiger partial charge in [-0.2, -0.15) is 0 Å². The van der Waals surface area contributed by atoms with Gasteiger partial charge in [0.2, 0.25) is 0 Å². The summed E-state index contributed by atoms with van der Waals surface area (Å²) in [5.41, 5.74) is 2.52. The summed E-state index contributed by atoms with van der Waals surface area (Å²) in [5, 5.41) is 13.2. The molecule has 2 aromatic rings. The second kappa shape index (κ2) is 9.32. The molecule has 0 bridgehead atoms. The van der Waals surface area contributed by atoms with E-state index in [2.05, 4.69) is 5.32 Å². The second-order valence-electron chi connectivity index (χ2n) is 6.93. The van der Waals surface area contributed by atoms with Crippen LogP contribution in [0.15, 0.2) is 41.3 Å². The molecule has 1 heterocycles. The number of rotatable bonds is 6. The van der Waals surface area contributed by atoms with Crippen molar-refractivity contribution in [2.24, 2.45) is 0 Å². The van der Waals surface area contributed by atoms with E-state index in [1.807, 2.05) is 19.9 Å². The summed E-state index contributed by atoms with van der Waals surface area (Å²) in [6.07, 6.45) is 1.41. The number of benzene rings is 2. The molecule has 2 aromatic carbocycles. The third-order valence-electron chi connectivity index (χ3n) is 4.44. The van der Waals surface area contributed by atoms with Crippen LogP contribution in [-0.4, -0.2) is 40.0 Å². The van der Waals surface area contributed by atoms with Gasteiger partial charge in [-0.1, -0.05) is 34.9 Å². The molecule has 10 heteroatoms. The third-order valence-corrected chi connectivity index (χ3v) is 5.67. The highest BCUT2D eigenvalue weighted by Crippen LogP contribution is 2.33. The first-order valence-corrected chi connectivity index (χ1v) is 10.4. The summed E-state index contributed by atoms with van der Waals surface area (Å²) in [5.74, 6) is -0.809. The Morgan fingerprint density at radius 1 is 1.19 bits per heavy atom. The first-order chi connectivity index (χ1) is 14.7. The highest BCUT2D eigenvalue weighted by molar-refractivity contribution is 8.18. The predicted molar refractivity (Wildman–Crippen MR) is 119 cm³/mol. The molecule has 1 aliphatic heterocycles. The fourth-order valence-electron chi connectivity index (χ4n) is 3.09. The molecule has 8 nitrogen and oxygen atoms in total. The minimum absolute atomic E-state index is 0.0132. The number of halogens is 1. The van der Waals surface area contributed by atoms with E-state index in [1.54, 1.807) is 12.1 Å². The standard InChI is InChI=1S/C21H18ClN3O5S/c1-12-7-13(2)9-15(8-12)19(26)23-5-6-24-20(27)18(31-21(24)28)11-14-3-4-16(22)17(10-14)25(29)30/h3-4,7-11H,5-6H2,1-2H3,(H,23,26)/b18-11-. The molecule has 0 saturated carbocycles. The Hall–Kier alpha value is -3.17. The molecule has 0 spiro atoms. The fourth-order valence-corrected chi connectivity index (χ4v) is 4.14. The van der Waals surface area contributed by atoms with Crippen molar-refractivity contribution in [2.45, 2.75) is 13.8 Å². The molecule has 1 fully saturated rings. The number of hydrogen-bond acceptors (Lipinski definition) is 6. The largest absolute Gasteiger partial charge is 0.350 e. The van der Waals surface area contributed by atoms with Crippen molar-refractivity contribution >= 4 is 52.2 Å². The van der Waals surface area contributed by atoms with Gasteiger partial charge in [-0.15, -0.1) is 0 Å². The Kier molecular flexibility index (Phi) is 6.77. The Labute approximate surface area is 187 Å². The number of carbonyl (C=O) groups excluding carboxylic acids is 3. The zero-order chi connectivity index (χ0) is 22.7. The number of amides is 3. The normalized spacial score (nSPS) is 14.9. The van der Waals surface area contributed by atoms with E-state index >= 15 is 0 Å². The first-order valence-electron chi connectivity index (χ1n) is 9.21. The summed E-state index contributed by atoms with van der Waals surface area (Å²) in [7, 11) is 0. The molecule has 0 atom stereocenters. The molecule has 160 valence electrons. The van der Waals surface area contributed by atoms with E-state index in [-0.39, 0.29) is 34.6 Å². The summed E-state index contributed by atoms with van der Waals surface area (Å²) in [6.45, 7) is 3.90. The van der Waals surface area contributed by atoms with E-state index in [0.29, 0.717) is 11.1 Å². The monoisotopic (exact) mass is 459 g/mol. The van der Waals surface area contributed by atoms with Crippen LogP contribution in [0.3, 0.4) is 0 Å². The summed E-state index contributed by atoms with van der Waals surface area (Å²) < 4.78 is 0. The molecule has 0 aliphatic carbocycles. The SMILES string of the molecule is Cc1cc(C)cc(C(=O)NCCN2C(=O)S/C(=C\c3ccc(Cl)c([N+](=O)[O-])c3)C2=O)c1. The number of nitro groups is 1. The van der Waals surface area contributed by atoms with E-state index < -0.39 is 16.1 Å². The number of carbonyl (C=O) groups is 3. The smallest absolute Gasteiger partial charge is 0.293 e. The fraction of sp³-hybridized carbons (Fsp3) is 0.190. The molecular formula is C21H18ClN3O5S. The Morgan fingerprint density at radius 3 is 2.52 bits per heavy atom. The highest BCUT2D eigenvalue weighted by Gasteiger charge is 2.34. The van der Waals surface area contributed by atoms with Gasteiger partial charge in [0.15, 0.2) is 0 Å². The van der Waals surface area contributed by atoms with Crippen LogP contribution in [0, 0.1) is 24.0 Å². The maximum absolute atomic E-state index is 12.6. The Morgan fingerprint density at radius 2 is 1.87 bits per heavy atom. The zero-order valence-corrected chi connectivity index (χ0v) is 18.2. The molecule has 1 N–H and O–H groups in total. The molecule has 1 saturated heterocycles. The average Bonchev–Trinajstić information content (AvgIpc) is 2.95.